The van der Waals surface area contributed by atoms with Gasteiger partial charge >= 0.3 is 0 Å². The Morgan fingerprint density at radius 2 is 2.21 bits per heavy atom. The van der Waals surface area contributed by atoms with Crippen LogP contribution < -0.4 is 5.32 Å². The molecule has 2 heterocycles. The summed E-state index contributed by atoms with van der Waals surface area (Å²) in [4.78, 5) is 20.8. The third kappa shape index (κ3) is 3.67. The Hall–Kier alpha value is -1.62. The highest BCUT2D eigenvalue weighted by molar-refractivity contribution is 5.93. The maximum Gasteiger partial charge on any atom is 0.272 e. The summed E-state index contributed by atoms with van der Waals surface area (Å²) in [7, 11) is 2.10. The summed E-state index contributed by atoms with van der Waals surface area (Å²) in [5.41, 5.74) is 1.48. The van der Waals surface area contributed by atoms with E-state index in [1.165, 1.54) is 0 Å². The summed E-state index contributed by atoms with van der Waals surface area (Å²) in [6.07, 6.45) is 2.71. The van der Waals surface area contributed by atoms with Crippen LogP contribution in [0.5, 0.6) is 0 Å². The molecule has 0 atom stereocenters. The predicted molar refractivity (Wildman–Crippen MR) is 76.4 cm³/mol. The molecule has 1 aliphatic rings. The number of carbonyl (C=O) groups is 1. The molecule has 1 amide bonds. The van der Waals surface area contributed by atoms with Crippen molar-refractivity contribution in [3.8, 4) is 0 Å². The van der Waals surface area contributed by atoms with E-state index in [1.807, 2.05) is 24.0 Å². The molecule has 0 radical (unpaired) electrons. The molecule has 1 fully saturated rings. The van der Waals surface area contributed by atoms with Crippen molar-refractivity contribution < 1.29 is 4.79 Å². The molecule has 0 unspecified atom stereocenters. The molecule has 1 saturated heterocycles. The second kappa shape index (κ2) is 6.52. The second-order valence-corrected chi connectivity index (χ2v) is 4.91. The standard InChI is InChI=1S/C14H22N4O/c1-3-15-12-5-6-16-13(11-12)14(19)18-8-4-7-17(2)9-10-18/h5-6,11H,3-4,7-10H2,1-2H3,(H,15,16). The third-order valence-corrected chi connectivity index (χ3v) is 3.37. The summed E-state index contributed by atoms with van der Waals surface area (Å²) in [6.45, 7) is 6.45. The zero-order valence-electron chi connectivity index (χ0n) is 11.7. The fourth-order valence-corrected chi connectivity index (χ4v) is 2.27. The van der Waals surface area contributed by atoms with E-state index in [0.29, 0.717) is 5.69 Å². The summed E-state index contributed by atoms with van der Waals surface area (Å²) in [6, 6.07) is 3.72. The molecule has 5 nitrogen and oxygen atoms in total. The minimum atomic E-state index is 0.0371. The lowest BCUT2D eigenvalue weighted by atomic mass is 10.2. The van der Waals surface area contributed by atoms with Gasteiger partial charge in [0.15, 0.2) is 0 Å². The second-order valence-electron chi connectivity index (χ2n) is 4.91. The third-order valence-electron chi connectivity index (χ3n) is 3.37. The molecule has 1 N–H and O–H groups in total. The lowest BCUT2D eigenvalue weighted by Crippen LogP contribution is -2.35. The van der Waals surface area contributed by atoms with Crippen LogP contribution in [0.25, 0.3) is 0 Å². The summed E-state index contributed by atoms with van der Waals surface area (Å²) < 4.78 is 0. The Morgan fingerprint density at radius 3 is 3.00 bits per heavy atom. The van der Waals surface area contributed by atoms with Gasteiger partial charge < -0.3 is 15.1 Å². The van der Waals surface area contributed by atoms with Crippen LogP contribution in [0.4, 0.5) is 5.69 Å². The van der Waals surface area contributed by atoms with Crippen LogP contribution in [0.15, 0.2) is 18.3 Å². The molecule has 5 heteroatoms. The minimum Gasteiger partial charge on any atom is -0.385 e. The van der Waals surface area contributed by atoms with Crippen molar-refractivity contribution in [3.05, 3.63) is 24.0 Å². The SMILES string of the molecule is CCNc1ccnc(C(=O)N2CCCN(C)CC2)c1. The molecule has 2 rings (SSSR count). The van der Waals surface area contributed by atoms with E-state index in [-0.39, 0.29) is 5.91 Å². The van der Waals surface area contributed by atoms with Crippen LogP contribution >= 0.6 is 0 Å². The Labute approximate surface area is 114 Å². The van der Waals surface area contributed by atoms with E-state index < -0.39 is 0 Å². The van der Waals surface area contributed by atoms with Crippen molar-refractivity contribution in [1.82, 2.24) is 14.8 Å². The largest absolute Gasteiger partial charge is 0.385 e. The number of nitrogens with zero attached hydrogens (tertiary/aromatic N) is 3. The zero-order chi connectivity index (χ0) is 13.7. The Kier molecular flexibility index (Phi) is 4.74. The van der Waals surface area contributed by atoms with Crippen LogP contribution in [-0.2, 0) is 0 Å². The molecule has 0 saturated carbocycles. The molecular weight excluding hydrogens is 240 g/mol. The summed E-state index contributed by atoms with van der Waals surface area (Å²) >= 11 is 0. The monoisotopic (exact) mass is 262 g/mol. The van der Waals surface area contributed by atoms with E-state index in [0.717, 1.165) is 44.8 Å². The van der Waals surface area contributed by atoms with E-state index in [1.54, 1.807) is 6.20 Å². The van der Waals surface area contributed by atoms with Gasteiger partial charge in [-0.25, -0.2) is 0 Å². The molecule has 1 aromatic rings. The highest BCUT2D eigenvalue weighted by Crippen LogP contribution is 2.11. The van der Waals surface area contributed by atoms with Crippen LogP contribution in [0.1, 0.15) is 23.8 Å². The average Bonchev–Trinajstić information content (AvgIpc) is 2.63. The van der Waals surface area contributed by atoms with E-state index in [9.17, 15) is 4.79 Å². The van der Waals surface area contributed by atoms with Crippen LogP contribution in [0, 0.1) is 0 Å². The smallest absolute Gasteiger partial charge is 0.272 e. The molecule has 0 spiro atoms. The molecule has 0 aromatic carbocycles. The van der Waals surface area contributed by atoms with E-state index in [2.05, 4.69) is 22.2 Å². The molecule has 1 aliphatic heterocycles. The van der Waals surface area contributed by atoms with Crippen molar-refractivity contribution in [2.45, 2.75) is 13.3 Å². The highest BCUT2D eigenvalue weighted by Gasteiger charge is 2.19. The van der Waals surface area contributed by atoms with Gasteiger partial charge in [-0.1, -0.05) is 0 Å². The number of rotatable bonds is 3. The van der Waals surface area contributed by atoms with Crippen LogP contribution in [0.2, 0.25) is 0 Å². The normalized spacial score (nSPS) is 17.1. The van der Waals surface area contributed by atoms with E-state index >= 15 is 0 Å². The average molecular weight is 262 g/mol. The molecule has 104 valence electrons. The molecular formula is C14H22N4O. The van der Waals surface area contributed by atoms with Gasteiger partial charge in [0.05, 0.1) is 0 Å². The number of hydrogen-bond acceptors (Lipinski definition) is 4. The number of amides is 1. The topological polar surface area (TPSA) is 48.5 Å². The quantitative estimate of drug-likeness (QED) is 0.892. The van der Waals surface area contributed by atoms with Gasteiger partial charge in [-0.3, -0.25) is 9.78 Å². The first-order valence-corrected chi connectivity index (χ1v) is 6.88. The number of carbonyl (C=O) groups excluding carboxylic acids is 1. The van der Waals surface area contributed by atoms with Crippen molar-refractivity contribution in [3.63, 3.8) is 0 Å². The Bertz CT molecular complexity index is 435. The van der Waals surface area contributed by atoms with Gasteiger partial charge in [-0.15, -0.1) is 0 Å². The van der Waals surface area contributed by atoms with Crippen molar-refractivity contribution >= 4 is 11.6 Å². The number of aromatic nitrogens is 1. The first-order chi connectivity index (χ1) is 9.20. The molecule has 19 heavy (non-hydrogen) atoms. The van der Waals surface area contributed by atoms with Gasteiger partial charge in [0.25, 0.3) is 5.91 Å². The van der Waals surface area contributed by atoms with Crippen LogP contribution in [0.3, 0.4) is 0 Å². The van der Waals surface area contributed by atoms with Gasteiger partial charge in [-0.2, -0.15) is 0 Å². The van der Waals surface area contributed by atoms with Crippen LogP contribution in [-0.4, -0.2) is 60.5 Å². The lowest BCUT2D eigenvalue weighted by Gasteiger charge is -2.20. The first-order valence-electron chi connectivity index (χ1n) is 6.88. The summed E-state index contributed by atoms with van der Waals surface area (Å²) in [5.74, 6) is 0.0371. The predicted octanol–water partition coefficient (Wildman–Crippen LogP) is 1.29. The van der Waals surface area contributed by atoms with Gasteiger partial charge in [0.2, 0.25) is 0 Å². The zero-order valence-corrected chi connectivity index (χ0v) is 11.7. The molecule has 0 aliphatic carbocycles. The Morgan fingerprint density at radius 1 is 1.37 bits per heavy atom. The number of hydrogen-bond donors (Lipinski definition) is 1. The maximum absolute atomic E-state index is 12.4. The summed E-state index contributed by atoms with van der Waals surface area (Å²) in [5, 5.41) is 3.21. The maximum atomic E-state index is 12.4. The van der Waals surface area contributed by atoms with E-state index in [4.69, 9.17) is 0 Å². The van der Waals surface area contributed by atoms with Crippen molar-refractivity contribution in [1.29, 1.82) is 0 Å². The highest BCUT2D eigenvalue weighted by atomic mass is 16.2. The fraction of sp³-hybridized carbons (Fsp3) is 0.571. The van der Waals surface area contributed by atoms with Gasteiger partial charge in [0.1, 0.15) is 5.69 Å². The van der Waals surface area contributed by atoms with Crippen molar-refractivity contribution in [2.75, 3.05) is 45.1 Å². The van der Waals surface area contributed by atoms with Crippen molar-refractivity contribution in [2.24, 2.45) is 0 Å². The number of pyridine rings is 1. The minimum absolute atomic E-state index is 0.0371. The number of nitrogens with one attached hydrogen (secondary N) is 1. The molecule has 0 bridgehead atoms. The number of anilines is 1. The number of likely N-dealkylation sites (N-methyl/N-ethyl adjacent to an activating group) is 1. The van der Waals surface area contributed by atoms with Gasteiger partial charge in [0, 0.05) is 38.1 Å². The fourth-order valence-electron chi connectivity index (χ4n) is 2.27. The lowest BCUT2D eigenvalue weighted by molar-refractivity contribution is 0.0757. The van der Waals surface area contributed by atoms with Gasteiger partial charge in [-0.05, 0) is 39.1 Å². The molecule has 1 aromatic heterocycles. The Balaban J connectivity index is 2.07. The first kappa shape index (κ1) is 13.8.